The second-order valence-electron chi connectivity index (χ2n) is 7.15. The zero-order chi connectivity index (χ0) is 18.1. The summed E-state index contributed by atoms with van der Waals surface area (Å²) in [4.78, 5) is 16.9. The highest BCUT2D eigenvalue weighted by molar-refractivity contribution is 5.95. The van der Waals surface area contributed by atoms with Gasteiger partial charge < -0.3 is 19.0 Å². The minimum Gasteiger partial charge on any atom is -0.469 e. The minimum absolute atomic E-state index is 0.0122. The zero-order valence-electron chi connectivity index (χ0n) is 14.9. The maximum atomic E-state index is 13.6. The van der Waals surface area contributed by atoms with Crippen molar-refractivity contribution in [3.05, 3.63) is 53.7 Å². The van der Waals surface area contributed by atoms with Gasteiger partial charge in [0.2, 0.25) is 0 Å². The van der Waals surface area contributed by atoms with E-state index in [0.29, 0.717) is 37.6 Å². The average Bonchev–Trinajstić information content (AvgIpc) is 3.07. The quantitative estimate of drug-likeness (QED) is 0.827. The number of morpholine rings is 1. The Labute approximate surface area is 152 Å². The Morgan fingerprint density at radius 1 is 1.23 bits per heavy atom. The normalized spacial score (nSPS) is 23.5. The number of ether oxygens (including phenoxy) is 1. The van der Waals surface area contributed by atoms with Crippen molar-refractivity contribution < 1.29 is 18.3 Å². The summed E-state index contributed by atoms with van der Waals surface area (Å²) in [5, 5.41) is 0. The molecule has 2 aliphatic heterocycles. The molecule has 0 bridgehead atoms. The number of piperidine rings is 1. The van der Waals surface area contributed by atoms with Crippen molar-refractivity contribution in [2.24, 2.45) is 0 Å². The predicted octanol–water partition coefficient (Wildman–Crippen LogP) is 3.24. The van der Waals surface area contributed by atoms with E-state index in [2.05, 4.69) is 4.90 Å². The Bertz CT molecular complexity index is 802. The maximum Gasteiger partial charge on any atom is 0.257 e. The number of furan rings is 1. The molecule has 1 atom stereocenters. The molecule has 1 spiro atoms. The van der Waals surface area contributed by atoms with Gasteiger partial charge in [0.25, 0.3) is 5.91 Å². The summed E-state index contributed by atoms with van der Waals surface area (Å²) in [6.07, 6.45) is 3.39. The minimum atomic E-state index is -0.407. The second kappa shape index (κ2) is 6.76. The third kappa shape index (κ3) is 3.21. The molecule has 3 heterocycles. The van der Waals surface area contributed by atoms with E-state index in [-0.39, 0.29) is 11.7 Å². The molecule has 2 aliphatic rings. The van der Waals surface area contributed by atoms with Crippen molar-refractivity contribution in [1.29, 1.82) is 0 Å². The fraction of sp³-hybridized carbons (Fsp3) is 0.450. The first-order valence-electron chi connectivity index (χ1n) is 9.04. The van der Waals surface area contributed by atoms with Crippen molar-refractivity contribution in [2.45, 2.75) is 25.4 Å². The number of anilines is 1. The number of hydrogen-bond donors (Lipinski definition) is 0. The lowest BCUT2D eigenvalue weighted by atomic mass is 9.90. The van der Waals surface area contributed by atoms with Gasteiger partial charge in [-0.25, -0.2) is 4.39 Å². The van der Waals surface area contributed by atoms with Gasteiger partial charge in [0.15, 0.2) is 0 Å². The van der Waals surface area contributed by atoms with Crippen LogP contribution in [0.1, 0.15) is 29.0 Å². The Kier molecular flexibility index (Phi) is 4.44. The molecule has 5 nitrogen and oxygen atoms in total. The monoisotopic (exact) mass is 358 g/mol. The third-order valence-corrected chi connectivity index (χ3v) is 5.34. The molecular formula is C20H23FN2O3. The van der Waals surface area contributed by atoms with E-state index in [1.165, 1.54) is 6.07 Å². The van der Waals surface area contributed by atoms with Gasteiger partial charge in [0.1, 0.15) is 17.2 Å². The molecule has 0 saturated carbocycles. The standard InChI is InChI=1S/C20H23FN2O3/c1-15-18(6-10-25-15)19(24)23-9-11-26-20(14-23)7-3-8-22(13-20)17-5-2-4-16(21)12-17/h2,4-6,10,12H,3,7-9,11,13-14H2,1H3/t20-/m0/s1. The summed E-state index contributed by atoms with van der Waals surface area (Å²) in [6.45, 7) is 4.96. The number of aryl methyl sites for hydroxylation is 1. The van der Waals surface area contributed by atoms with E-state index in [1.54, 1.807) is 31.4 Å². The van der Waals surface area contributed by atoms with Crippen LogP contribution in [-0.2, 0) is 4.74 Å². The smallest absolute Gasteiger partial charge is 0.257 e. The van der Waals surface area contributed by atoms with Crippen molar-refractivity contribution in [2.75, 3.05) is 37.7 Å². The third-order valence-electron chi connectivity index (χ3n) is 5.34. The van der Waals surface area contributed by atoms with E-state index in [0.717, 1.165) is 25.1 Å². The van der Waals surface area contributed by atoms with E-state index in [4.69, 9.17) is 9.15 Å². The number of halogens is 1. The van der Waals surface area contributed by atoms with Crippen LogP contribution in [0, 0.1) is 12.7 Å². The van der Waals surface area contributed by atoms with Crippen LogP contribution in [0.5, 0.6) is 0 Å². The van der Waals surface area contributed by atoms with E-state index < -0.39 is 5.60 Å². The van der Waals surface area contributed by atoms with Gasteiger partial charge in [-0.1, -0.05) is 6.07 Å². The first-order chi connectivity index (χ1) is 12.6. The van der Waals surface area contributed by atoms with E-state index in [1.807, 2.05) is 11.0 Å². The number of nitrogens with zero attached hydrogens (tertiary/aromatic N) is 2. The summed E-state index contributed by atoms with van der Waals surface area (Å²) in [5.74, 6) is 0.390. The van der Waals surface area contributed by atoms with Gasteiger partial charge in [-0.05, 0) is 44.0 Å². The summed E-state index contributed by atoms with van der Waals surface area (Å²) < 4.78 is 25.0. The summed E-state index contributed by atoms with van der Waals surface area (Å²) in [5.41, 5.74) is 1.07. The van der Waals surface area contributed by atoms with Crippen molar-refractivity contribution in [3.8, 4) is 0 Å². The fourth-order valence-electron chi connectivity index (χ4n) is 4.03. The number of rotatable bonds is 2. The molecule has 0 N–H and O–H groups in total. The Morgan fingerprint density at radius 2 is 2.12 bits per heavy atom. The molecule has 26 heavy (non-hydrogen) atoms. The van der Waals surface area contributed by atoms with Gasteiger partial charge in [-0.15, -0.1) is 0 Å². The largest absolute Gasteiger partial charge is 0.469 e. The zero-order valence-corrected chi connectivity index (χ0v) is 14.9. The molecule has 6 heteroatoms. The number of benzene rings is 1. The lowest BCUT2D eigenvalue weighted by Crippen LogP contribution is -2.60. The van der Waals surface area contributed by atoms with Crippen LogP contribution >= 0.6 is 0 Å². The molecule has 0 unspecified atom stereocenters. The topological polar surface area (TPSA) is 45.9 Å². The van der Waals surface area contributed by atoms with Gasteiger partial charge in [0.05, 0.1) is 25.0 Å². The van der Waals surface area contributed by atoms with Gasteiger partial charge in [0, 0.05) is 25.3 Å². The van der Waals surface area contributed by atoms with E-state index >= 15 is 0 Å². The fourth-order valence-corrected chi connectivity index (χ4v) is 4.03. The summed E-state index contributed by atoms with van der Waals surface area (Å²) in [7, 11) is 0. The Hall–Kier alpha value is -2.34. The highest BCUT2D eigenvalue weighted by atomic mass is 19.1. The molecule has 0 radical (unpaired) electrons. The Morgan fingerprint density at radius 3 is 2.88 bits per heavy atom. The molecule has 2 saturated heterocycles. The van der Waals surface area contributed by atoms with Crippen molar-refractivity contribution in [3.63, 3.8) is 0 Å². The predicted molar refractivity (Wildman–Crippen MR) is 95.9 cm³/mol. The molecule has 138 valence electrons. The molecular weight excluding hydrogens is 335 g/mol. The lowest BCUT2D eigenvalue weighted by Gasteiger charge is -2.48. The number of amides is 1. The summed E-state index contributed by atoms with van der Waals surface area (Å²) >= 11 is 0. The number of hydrogen-bond acceptors (Lipinski definition) is 4. The van der Waals surface area contributed by atoms with Crippen LogP contribution in [0.4, 0.5) is 10.1 Å². The molecule has 2 fully saturated rings. The van der Waals surface area contributed by atoms with Gasteiger partial charge in [-0.2, -0.15) is 0 Å². The molecule has 1 amide bonds. The van der Waals surface area contributed by atoms with Crippen LogP contribution in [0.2, 0.25) is 0 Å². The molecule has 1 aromatic carbocycles. The van der Waals surface area contributed by atoms with Crippen molar-refractivity contribution in [1.82, 2.24) is 4.90 Å². The van der Waals surface area contributed by atoms with Crippen LogP contribution in [0.15, 0.2) is 41.0 Å². The van der Waals surface area contributed by atoms with Crippen molar-refractivity contribution >= 4 is 11.6 Å². The highest BCUT2D eigenvalue weighted by Crippen LogP contribution is 2.32. The Balaban J connectivity index is 1.52. The first-order valence-corrected chi connectivity index (χ1v) is 9.04. The van der Waals surface area contributed by atoms with Crippen LogP contribution < -0.4 is 4.90 Å². The SMILES string of the molecule is Cc1occc1C(=O)N1CCO[C@]2(CCCN(c3cccc(F)c3)C2)C1. The summed E-state index contributed by atoms with van der Waals surface area (Å²) in [6, 6.07) is 8.38. The van der Waals surface area contributed by atoms with Gasteiger partial charge >= 0.3 is 0 Å². The van der Waals surface area contributed by atoms with Crippen LogP contribution in [-0.4, -0.2) is 49.2 Å². The molecule has 2 aromatic rings. The van der Waals surface area contributed by atoms with Crippen LogP contribution in [0.3, 0.4) is 0 Å². The molecule has 1 aromatic heterocycles. The molecule has 0 aliphatic carbocycles. The average molecular weight is 358 g/mol. The van der Waals surface area contributed by atoms with E-state index in [9.17, 15) is 9.18 Å². The molecule has 4 rings (SSSR count). The first kappa shape index (κ1) is 17.1. The second-order valence-corrected chi connectivity index (χ2v) is 7.15. The maximum absolute atomic E-state index is 13.6. The lowest BCUT2D eigenvalue weighted by molar-refractivity contribution is -0.105. The number of carbonyl (C=O) groups excluding carboxylic acids is 1. The van der Waals surface area contributed by atoms with Crippen LogP contribution in [0.25, 0.3) is 0 Å². The highest BCUT2D eigenvalue weighted by Gasteiger charge is 2.42. The number of carbonyl (C=O) groups is 1. The van der Waals surface area contributed by atoms with Gasteiger partial charge in [-0.3, -0.25) is 4.79 Å².